The Morgan fingerprint density at radius 1 is 1.07 bits per heavy atom. The number of carbonyl (C=O) groups is 1. The summed E-state index contributed by atoms with van der Waals surface area (Å²) in [5.41, 5.74) is -0.00103. The van der Waals surface area contributed by atoms with Crippen molar-refractivity contribution in [1.82, 2.24) is 4.73 Å². The summed E-state index contributed by atoms with van der Waals surface area (Å²) in [7, 11) is 0. The molecular formula is C21H19FN2O4. The van der Waals surface area contributed by atoms with Crippen molar-refractivity contribution in [2.75, 3.05) is 11.9 Å². The molecule has 2 aromatic carbocycles. The Morgan fingerprint density at radius 2 is 1.82 bits per heavy atom. The summed E-state index contributed by atoms with van der Waals surface area (Å²) < 4.78 is 20.1. The molecule has 0 bridgehead atoms. The van der Waals surface area contributed by atoms with Crippen molar-refractivity contribution in [3.63, 3.8) is 0 Å². The lowest BCUT2D eigenvalue weighted by atomic mass is 10.2. The molecule has 0 atom stereocenters. The summed E-state index contributed by atoms with van der Waals surface area (Å²) in [5.74, 6) is -0.525. The SMILES string of the molecule is CCOc1ccccc1NC(=O)c1cccn(OCc2ccccc2F)c1=O. The highest BCUT2D eigenvalue weighted by Crippen LogP contribution is 2.23. The van der Waals surface area contributed by atoms with E-state index in [1.807, 2.05) is 6.92 Å². The number of benzene rings is 2. The molecular weight excluding hydrogens is 363 g/mol. The predicted octanol–water partition coefficient (Wildman–Crippen LogP) is 3.27. The summed E-state index contributed by atoms with van der Waals surface area (Å²) in [6.45, 7) is 2.13. The van der Waals surface area contributed by atoms with E-state index in [0.717, 1.165) is 4.73 Å². The van der Waals surface area contributed by atoms with E-state index in [-0.39, 0.29) is 12.2 Å². The van der Waals surface area contributed by atoms with Gasteiger partial charge in [-0.25, -0.2) is 4.39 Å². The molecule has 1 aromatic heterocycles. The molecule has 0 saturated carbocycles. The third-order valence-corrected chi connectivity index (χ3v) is 3.91. The predicted molar refractivity (Wildman–Crippen MR) is 103 cm³/mol. The highest BCUT2D eigenvalue weighted by Gasteiger charge is 2.15. The van der Waals surface area contributed by atoms with Crippen LogP contribution in [0.4, 0.5) is 10.1 Å². The first kappa shape index (κ1) is 19.2. The molecule has 0 spiro atoms. The lowest BCUT2D eigenvalue weighted by Crippen LogP contribution is -2.32. The lowest BCUT2D eigenvalue weighted by molar-refractivity contribution is 0.0847. The van der Waals surface area contributed by atoms with Crippen LogP contribution in [0.25, 0.3) is 0 Å². The topological polar surface area (TPSA) is 69.6 Å². The minimum absolute atomic E-state index is 0.109. The molecule has 1 N–H and O–H groups in total. The fraction of sp³-hybridized carbons (Fsp3) is 0.143. The van der Waals surface area contributed by atoms with Gasteiger partial charge in [0, 0.05) is 11.8 Å². The van der Waals surface area contributed by atoms with Crippen molar-refractivity contribution < 1.29 is 18.8 Å². The van der Waals surface area contributed by atoms with Crippen LogP contribution in [0.2, 0.25) is 0 Å². The summed E-state index contributed by atoms with van der Waals surface area (Å²) >= 11 is 0. The number of hydrogen-bond acceptors (Lipinski definition) is 4. The van der Waals surface area contributed by atoms with Crippen LogP contribution in [0.15, 0.2) is 71.7 Å². The number of amides is 1. The van der Waals surface area contributed by atoms with Gasteiger partial charge in [0.15, 0.2) is 0 Å². The Labute approximate surface area is 161 Å². The highest BCUT2D eigenvalue weighted by molar-refractivity contribution is 6.04. The molecule has 0 fully saturated rings. The van der Waals surface area contributed by atoms with Gasteiger partial charge in [0.1, 0.15) is 23.7 Å². The molecule has 0 radical (unpaired) electrons. The van der Waals surface area contributed by atoms with E-state index in [4.69, 9.17) is 9.57 Å². The van der Waals surface area contributed by atoms with E-state index in [2.05, 4.69) is 5.32 Å². The number of carbonyl (C=O) groups excluding carboxylic acids is 1. The van der Waals surface area contributed by atoms with Gasteiger partial charge in [-0.15, -0.1) is 0 Å². The largest absolute Gasteiger partial charge is 0.492 e. The van der Waals surface area contributed by atoms with E-state index in [1.165, 1.54) is 24.4 Å². The van der Waals surface area contributed by atoms with E-state index >= 15 is 0 Å². The molecule has 3 aromatic rings. The van der Waals surface area contributed by atoms with Crippen LogP contribution < -0.4 is 20.5 Å². The Bertz CT molecular complexity index is 1030. The molecule has 0 saturated heterocycles. The maximum Gasteiger partial charge on any atom is 0.295 e. The summed E-state index contributed by atoms with van der Waals surface area (Å²) in [6, 6.07) is 15.9. The van der Waals surface area contributed by atoms with Crippen LogP contribution in [-0.4, -0.2) is 17.2 Å². The molecule has 6 nitrogen and oxygen atoms in total. The molecule has 7 heteroatoms. The van der Waals surface area contributed by atoms with Gasteiger partial charge in [0.25, 0.3) is 11.5 Å². The van der Waals surface area contributed by atoms with E-state index in [0.29, 0.717) is 23.6 Å². The fourth-order valence-electron chi connectivity index (χ4n) is 2.55. The van der Waals surface area contributed by atoms with Crippen molar-refractivity contribution in [2.24, 2.45) is 0 Å². The van der Waals surface area contributed by atoms with Crippen molar-refractivity contribution in [1.29, 1.82) is 0 Å². The number of pyridine rings is 1. The van der Waals surface area contributed by atoms with Gasteiger partial charge in [-0.05, 0) is 37.3 Å². The van der Waals surface area contributed by atoms with Crippen LogP contribution in [0.1, 0.15) is 22.8 Å². The molecule has 0 aliphatic heterocycles. The summed E-state index contributed by atoms with van der Waals surface area (Å²) in [5, 5.41) is 2.67. The molecule has 144 valence electrons. The molecule has 1 amide bonds. The third kappa shape index (κ3) is 4.37. The van der Waals surface area contributed by atoms with Gasteiger partial charge in [-0.1, -0.05) is 30.3 Å². The number of hydrogen-bond donors (Lipinski definition) is 1. The molecule has 0 aliphatic rings. The lowest BCUT2D eigenvalue weighted by Gasteiger charge is -2.12. The van der Waals surface area contributed by atoms with Crippen molar-refractivity contribution >= 4 is 11.6 Å². The number of rotatable bonds is 7. The Kier molecular flexibility index (Phi) is 6.06. The Morgan fingerprint density at radius 3 is 2.61 bits per heavy atom. The number of halogens is 1. The molecule has 0 aliphatic carbocycles. The zero-order chi connectivity index (χ0) is 19.9. The number of anilines is 1. The first-order valence-electron chi connectivity index (χ1n) is 8.71. The summed E-state index contributed by atoms with van der Waals surface area (Å²) in [6.07, 6.45) is 1.37. The third-order valence-electron chi connectivity index (χ3n) is 3.91. The Balaban J connectivity index is 1.78. The van der Waals surface area contributed by atoms with Crippen molar-refractivity contribution in [3.8, 4) is 5.75 Å². The molecule has 1 heterocycles. The van der Waals surface area contributed by atoms with Gasteiger partial charge in [-0.2, -0.15) is 4.73 Å². The second-order valence-electron chi connectivity index (χ2n) is 5.80. The zero-order valence-electron chi connectivity index (χ0n) is 15.2. The van der Waals surface area contributed by atoms with Gasteiger partial charge >= 0.3 is 0 Å². The van der Waals surface area contributed by atoms with Crippen molar-refractivity contribution in [2.45, 2.75) is 13.5 Å². The fourth-order valence-corrected chi connectivity index (χ4v) is 2.55. The maximum atomic E-state index is 13.7. The number of ether oxygens (including phenoxy) is 1. The van der Waals surface area contributed by atoms with Gasteiger partial charge in [0.2, 0.25) is 0 Å². The maximum absolute atomic E-state index is 13.7. The van der Waals surface area contributed by atoms with Gasteiger partial charge < -0.3 is 14.9 Å². The number of nitrogens with one attached hydrogen (secondary N) is 1. The average molecular weight is 382 g/mol. The van der Waals surface area contributed by atoms with Crippen LogP contribution in [-0.2, 0) is 6.61 Å². The minimum Gasteiger partial charge on any atom is -0.492 e. The quantitative estimate of drug-likeness (QED) is 0.681. The van der Waals surface area contributed by atoms with E-state index in [1.54, 1.807) is 42.5 Å². The number of aromatic nitrogens is 1. The normalized spacial score (nSPS) is 10.4. The number of nitrogens with zero attached hydrogens (tertiary/aromatic N) is 1. The minimum atomic E-state index is -0.648. The molecule has 0 unspecified atom stereocenters. The molecule has 3 rings (SSSR count). The smallest absolute Gasteiger partial charge is 0.295 e. The van der Waals surface area contributed by atoms with Crippen LogP contribution in [0.5, 0.6) is 5.75 Å². The second-order valence-corrected chi connectivity index (χ2v) is 5.80. The summed E-state index contributed by atoms with van der Waals surface area (Å²) in [4.78, 5) is 30.5. The van der Waals surface area contributed by atoms with Gasteiger partial charge in [0.05, 0.1) is 12.3 Å². The molecule has 28 heavy (non-hydrogen) atoms. The van der Waals surface area contributed by atoms with Crippen LogP contribution in [0, 0.1) is 5.82 Å². The van der Waals surface area contributed by atoms with Gasteiger partial charge in [-0.3, -0.25) is 9.59 Å². The van der Waals surface area contributed by atoms with Crippen LogP contribution >= 0.6 is 0 Å². The highest BCUT2D eigenvalue weighted by atomic mass is 19.1. The second kappa shape index (κ2) is 8.85. The number of para-hydroxylation sites is 2. The Hall–Kier alpha value is -3.61. The van der Waals surface area contributed by atoms with Crippen molar-refractivity contribution in [3.05, 3.63) is 94.2 Å². The van der Waals surface area contributed by atoms with E-state index in [9.17, 15) is 14.0 Å². The van der Waals surface area contributed by atoms with E-state index < -0.39 is 17.3 Å². The van der Waals surface area contributed by atoms with Crippen LogP contribution in [0.3, 0.4) is 0 Å². The zero-order valence-corrected chi connectivity index (χ0v) is 15.2. The average Bonchev–Trinajstić information content (AvgIpc) is 2.70. The monoisotopic (exact) mass is 382 g/mol. The standard InChI is InChI=1S/C21H19FN2O4/c1-2-27-19-12-6-5-11-18(19)23-20(25)16-9-7-13-24(21(16)26)28-14-15-8-3-4-10-17(15)22/h3-13H,2,14H2,1H3,(H,23,25). The first-order valence-corrected chi connectivity index (χ1v) is 8.71. The first-order chi connectivity index (χ1) is 13.6.